The summed E-state index contributed by atoms with van der Waals surface area (Å²) in [5.74, 6) is 1.00. The summed E-state index contributed by atoms with van der Waals surface area (Å²) in [7, 11) is 0. The number of halogens is 1. The van der Waals surface area contributed by atoms with Gasteiger partial charge in [-0.3, -0.25) is 4.90 Å². The Kier molecular flexibility index (Phi) is 4.99. The average molecular weight is 396 g/mol. The summed E-state index contributed by atoms with van der Waals surface area (Å²) < 4.78 is 1.12. The maximum absolute atomic E-state index is 4.58. The van der Waals surface area contributed by atoms with E-state index >= 15 is 0 Å². The Bertz CT molecular complexity index is 842. The predicted octanol–water partition coefficient (Wildman–Crippen LogP) is 5.07. The van der Waals surface area contributed by atoms with E-state index in [-0.39, 0.29) is 0 Å². The van der Waals surface area contributed by atoms with Gasteiger partial charge >= 0.3 is 0 Å². The van der Waals surface area contributed by atoms with Crippen molar-refractivity contribution in [1.29, 1.82) is 0 Å². The first-order valence-corrected chi connectivity index (χ1v) is 9.65. The summed E-state index contributed by atoms with van der Waals surface area (Å²) >= 11 is 3.63. The van der Waals surface area contributed by atoms with Crippen molar-refractivity contribution >= 4 is 32.5 Å². The van der Waals surface area contributed by atoms with E-state index in [4.69, 9.17) is 0 Å². The molecule has 3 aromatic rings. The Morgan fingerprint density at radius 1 is 0.960 bits per heavy atom. The number of likely N-dealkylation sites (tertiary alicyclic amines) is 1. The van der Waals surface area contributed by atoms with Crippen LogP contribution in [0.1, 0.15) is 18.4 Å². The molecule has 0 amide bonds. The highest BCUT2D eigenvalue weighted by atomic mass is 79.9. The van der Waals surface area contributed by atoms with Gasteiger partial charge in [0.15, 0.2) is 0 Å². The number of piperidine rings is 1. The van der Waals surface area contributed by atoms with Crippen LogP contribution in [-0.4, -0.2) is 29.0 Å². The number of rotatable bonds is 4. The molecular weight excluding hydrogens is 374 g/mol. The second-order valence-electron chi connectivity index (χ2n) is 6.67. The van der Waals surface area contributed by atoms with E-state index in [1.165, 1.54) is 16.3 Å². The molecule has 0 atom stereocenters. The molecule has 1 fully saturated rings. The first kappa shape index (κ1) is 16.6. The van der Waals surface area contributed by atoms with Gasteiger partial charge in [0.25, 0.3) is 0 Å². The van der Waals surface area contributed by atoms with Crippen LogP contribution in [0, 0.1) is 0 Å². The van der Waals surface area contributed by atoms with E-state index in [0.717, 1.165) is 42.8 Å². The molecule has 0 radical (unpaired) electrons. The molecule has 0 aliphatic carbocycles. The van der Waals surface area contributed by atoms with E-state index in [2.05, 4.69) is 85.7 Å². The Morgan fingerprint density at radius 3 is 2.56 bits per heavy atom. The fourth-order valence-electron chi connectivity index (χ4n) is 3.55. The van der Waals surface area contributed by atoms with Crippen LogP contribution in [0.2, 0.25) is 0 Å². The minimum absolute atomic E-state index is 0.490. The average Bonchev–Trinajstić information content (AvgIpc) is 2.65. The number of fused-ring (bicyclic) bond motifs is 1. The third-order valence-electron chi connectivity index (χ3n) is 4.93. The maximum Gasteiger partial charge on any atom is 0.134 e. The van der Waals surface area contributed by atoms with Gasteiger partial charge in [-0.2, -0.15) is 0 Å². The van der Waals surface area contributed by atoms with Gasteiger partial charge in [0.2, 0.25) is 0 Å². The third-order valence-corrected chi connectivity index (χ3v) is 5.62. The molecule has 128 valence electrons. The van der Waals surface area contributed by atoms with Crippen LogP contribution in [-0.2, 0) is 6.54 Å². The van der Waals surface area contributed by atoms with Crippen molar-refractivity contribution in [3.63, 3.8) is 0 Å². The van der Waals surface area contributed by atoms with Crippen molar-refractivity contribution in [3.05, 3.63) is 70.8 Å². The molecule has 1 N–H and O–H groups in total. The molecule has 4 rings (SSSR count). The fraction of sp³-hybridized carbons (Fsp3) is 0.286. The molecule has 1 aromatic heterocycles. The van der Waals surface area contributed by atoms with Gasteiger partial charge in [-0.05, 0) is 30.5 Å². The van der Waals surface area contributed by atoms with Gasteiger partial charge < -0.3 is 5.32 Å². The Morgan fingerprint density at radius 2 is 1.76 bits per heavy atom. The molecule has 0 saturated carbocycles. The van der Waals surface area contributed by atoms with Gasteiger partial charge in [-0.1, -0.05) is 58.4 Å². The second-order valence-corrected chi connectivity index (χ2v) is 7.53. The lowest BCUT2D eigenvalue weighted by molar-refractivity contribution is 0.211. The second kappa shape index (κ2) is 7.54. The zero-order valence-electron chi connectivity index (χ0n) is 14.2. The number of aromatic nitrogens is 1. The molecule has 0 unspecified atom stereocenters. The highest BCUT2D eigenvalue weighted by molar-refractivity contribution is 9.10. The molecule has 1 saturated heterocycles. The summed E-state index contributed by atoms with van der Waals surface area (Å²) in [6, 6.07) is 19.6. The SMILES string of the molecule is Brc1cccc2c(NC3CCN(Cc4ccccc4)CC3)nccc12. The maximum atomic E-state index is 4.58. The summed E-state index contributed by atoms with van der Waals surface area (Å²) in [6.07, 6.45) is 4.19. The van der Waals surface area contributed by atoms with Crippen molar-refractivity contribution in [2.24, 2.45) is 0 Å². The Labute approximate surface area is 157 Å². The molecular formula is C21H22BrN3. The number of nitrogens with zero attached hydrogens (tertiary/aromatic N) is 2. The van der Waals surface area contributed by atoms with E-state index in [0.29, 0.717) is 6.04 Å². The summed E-state index contributed by atoms with van der Waals surface area (Å²) in [5, 5.41) is 6.07. The molecule has 1 aliphatic heterocycles. The topological polar surface area (TPSA) is 28.2 Å². The number of hydrogen-bond acceptors (Lipinski definition) is 3. The van der Waals surface area contributed by atoms with Crippen molar-refractivity contribution in [2.75, 3.05) is 18.4 Å². The first-order chi connectivity index (χ1) is 12.3. The molecule has 0 bridgehead atoms. The van der Waals surface area contributed by atoms with Gasteiger partial charge in [-0.15, -0.1) is 0 Å². The quantitative estimate of drug-likeness (QED) is 0.667. The zero-order valence-corrected chi connectivity index (χ0v) is 15.7. The lowest BCUT2D eigenvalue weighted by atomic mass is 10.0. The van der Waals surface area contributed by atoms with Crippen molar-refractivity contribution < 1.29 is 0 Å². The smallest absolute Gasteiger partial charge is 0.134 e. The van der Waals surface area contributed by atoms with E-state index in [9.17, 15) is 0 Å². The summed E-state index contributed by atoms with van der Waals surface area (Å²) in [5.41, 5.74) is 1.40. The molecule has 2 heterocycles. The minimum atomic E-state index is 0.490. The Hall–Kier alpha value is -1.91. The van der Waals surface area contributed by atoms with Crippen molar-refractivity contribution in [3.8, 4) is 0 Å². The van der Waals surface area contributed by atoms with Crippen LogP contribution in [0.15, 0.2) is 65.3 Å². The number of anilines is 1. The standard InChI is InChI=1S/C21H22BrN3/c22-20-8-4-7-19-18(20)9-12-23-21(19)24-17-10-13-25(14-11-17)15-16-5-2-1-3-6-16/h1-9,12,17H,10-11,13-15H2,(H,23,24). The van der Waals surface area contributed by atoms with Gasteiger partial charge in [-0.25, -0.2) is 4.98 Å². The van der Waals surface area contributed by atoms with Crippen LogP contribution in [0.5, 0.6) is 0 Å². The fourth-order valence-corrected chi connectivity index (χ4v) is 4.05. The van der Waals surface area contributed by atoms with Gasteiger partial charge in [0.05, 0.1) is 0 Å². The van der Waals surface area contributed by atoms with Crippen LogP contribution in [0.4, 0.5) is 5.82 Å². The van der Waals surface area contributed by atoms with Gasteiger partial charge in [0, 0.05) is 47.1 Å². The largest absolute Gasteiger partial charge is 0.367 e. The number of pyridine rings is 1. The minimum Gasteiger partial charge on any atom is -0.367 e. The molecule has 0 spiro atoms. The van der Waals surface area contributed by atoms with E-state index in [1.807, 2.05) is 6.20 Å². The molecule has 3 nitrogen and oxygen atoms in total. The molecule has 4 heteroatoms. The predicted molar refractivity (Wildman–Crippen MR) is 108 cm³/mol. The van der Waals surface area contributed by atoms with Crippen LogP contribution < -0.4 is 5.32 Å². The number of benzene rings is 2. The van der Waals surface area contributed by atoms with Gasteiger partial charge in [0.1, 0.15) is 5.82 Å². The molecule has 2 aromatic carbocycles. The number of hydrogen-bond donors (Lipinski definition) is 1. The monoisotopic (exact) mass is 395 g/mol. The van der Waals surface area contributed by atoms with Crippen LogP contribution >= 0.6 is 15.9 Å². The summed E-state index contributed by atoms with van der Waals surface area (Å²) in [6.45, 7) is 3.30. The highest BCUT2D eigenvalue weighted by Crippen LogP contribution is 2.29. The normalized spacial score (nSPS) is 16.2. The third kappa shape index (κ3) is 3.86. The van der Waals surface area contributed by atoms with E-state index < -0.39 is 0 Å². The lowest BCUT2D eigenvalue weighted by Crippen LogP contribution is -2.38. The van der Waals surface area contributed by atoms with Crippen molar-refractivity contribution in [2.45, 2.75) is 25.4 Å². The first-order valence-electron chi connectivity index (χ1n) is 8.85. The van der Waals surface area contributed by atoms with Crippen LogP contribution in [0.3, 0.4) is 0 Å². The molecule has 1 aliphatic rings. The van der Waals surface area contributed by atoms with Crippen LogP contribution in [0.25, 0.3) is 10.8 Å². The lowest BCUT2D eigenvalue weighted by Gasteiger charge is -2.32. The molecule has 25 heavy (non-hydrogen) atoms. The van der Waals surface area contributed by atoms with Crippen molar-refractivity contribution in [1.82, 2.24) is 9.88 Å². The highest BCUT2D eigenvalue weighted by Gasteiger charge is 2.20. The number of nitrogens with one attached hydrogen (secondary N) is 1. The Balaban J connectivity index is 1.40. The van der Waals surface area contributed by atoms with E-state index in [1.54, 1.807) is 0 Å². The zero-order chi connectivity index (χ0) is 17.1. The summed E-state index contributed by atoms with van der Waals surface area (Å²) in [4.78, 5) is 7.13.